The van der Waals surface area contributed by atoms with Gasteiger partial charge in [0.2, 0.25) is 0 Å². The normalized spacial score (nSPS) is 24.6. The molecule has 2 atom stereocenters. The Hall–Kier alpha value is -1.95. The number of rotatable bonds is 2. The fourth-order valence-electron chi connectivity index (χ4n) is 2.81. The van der Waals surface area contributed by atoms with Crippen molar-refractivity contribution in [2.24, 2.45) is 0 Å². The van der Waals surface area contributed by atoms with Crippen molar-refractivity contribution in [2.75, 3.05) is 18.5 Å². The number of morpholine rings is 1. The molecule has 0 aliphatic carbocycles. The highest BCUT2D eigenvalue weighted by Gasteiger charge is 2.40. The summed E-state index contributed by atoms with van der Waals surface area (Å²) >= 11 is 0. The van der Waals surface area contributed by atoms with E-state index in [1.165, 1.54) is 13.1 Å². The molecule has 106 valence electrons. The first-order chi connectivity index (χ1) is 9.65. The number of pyridine rings is 1. The van der Waals surface area contributed by atoms with Gasteiger partial charge in [-0.15, -0.1) is 0 Å². The van der Waals surface area contributed by atoms with Gasteiger partial charge < -0.3 is 9.64 Å². The Morgan fingerprint density at radius 3 is 2.55 bits per heavy atom. The number of anilines is 1. The zero-order valence-electron chi connectivity index (χ0n) is 11.3. The molecule has 6 heteroatoms. The number of ketones is 1. The van der Waals surface area contributed by atoms with Crippen LogP contribution < -0.4 is 5.32 Å². The van der Waals surface area contributed by atoms with Gasteiger partial charge in [-0.05, 0) is 31.9 Å². The molecule has 2 fully saturated rings. The van der Waals surface area contributed by atoms with E-state index >= 15 is 0 Å². The predicted octanol–water partition coefficient (Wildman–Crippen LogP) is 1.68. The molecule has 1 aromatic heterocycles. The lowest BCUT2D eigenvalue weighted by molar-refractivity contribution is 0.00947. The van der Waals surface area contributed by atoms with Crippen molar-refractivity contribution in [1.29, 1.82) is 0 Å². The van der Waals surface area contributed by atoms with Gasteiger partial charge in [0.15, 0.2) is 5.78 Å². The van der Waals surface area contributed by atoms with E-state index in [0.717, 1.165) is 12.8 Å². The number of urea groups is 1. The third-order valence-electron chi connectivity index (χ3n) is 3.88. The first-order valence-electron chi connectivity index (χ1n) is 6.79. The Morgan fingerprint density at radius 1 is 1.30 bits per heavy atom. The number of nitrogens with zero attached hydrogens (tertiary/aromatic N) is 2. The van der Waals surface area contributed by atoms with E-state index in [9.17, 15) is 9.59 Å². The molecule has 6 nitrogen and oxygen atoms in total. The van der Waals surface area contributed by atoms with Crippen molar-refractivity contribution in [3.8, 4) is 0 Å². The fourth-order valence-corrected chi connectivity index (χ4v) is 2.81. The van der Waals surface area contributed by atoms with Gasteiger partial charge in [-0.1, -0.05) is 0 Å². The van der Waals surface area contributed by atoms with E-state index in [4.69, 9.17) is 4.74 Å². The largest absolute Gasteiger partial charge is 0.377 e. The summed E-state index contributed by atoms with van der Waals surface area (Å²) in [6.07, 6.45) is 3.47. The van der Waals surface area contributed by atoms with Crippen LogP contribution in [0.1, 0.15) is 30.1 Å². The molecule has 2 unspecified atom stereocenters. The van der Waals surface area contributed by atoms with Crippen LogP contribution in [0.25, 0.3) is 0 Å². The number of hydrogen-bond donors (Lipinski definition) is 1. The minimum Gasteiger partial charge on any atom is -0.377 e. The van der Waals surface area contributed by atoms with Crippen LogP contribution in [0.5, 0.6) is 0 Å². The average Bonchev–Trinajstić information content (AvgIpc) is 2.69. The van der Waals surface area contributed by atoms with E-state index in [1.807, 2.05) is 4.90 Å². The molecule has 2 saturated heterocycles. The number of hydrogen-bond acceptors (Lipinski definition) is 4. The summed E-state index contributed by atoms with van der Waals surface area (Å²) in [5.74, 6) is 0.424. The van der Waals surface area contributed by atoms with Crippen LogP contribution >= 0.6 is 0 Å². The standard InChI is InChI=1S/C14H17N3O3/c1-9(18)10-2-5-13(15-6-10)16-14(19)17-11-3-4-12(17)8-20-7-11/h2,5-6,11-12H,3-4,7-8H2,1H3,(H,15,16,19). The predicted molar refractivity (Wildman–Crippen MR) is 72.7 cm³/mol. The lowest BCUT2D eigenvalue weighted by Gasteiger charge is -2.34. The molecular formula is C14H17N3O3. The molecule has 1 aromatic rings. The summed E-state index contributed by atoms with van der Waals surface area (Å²) < 4.78 is 5.45. The molecule has 2 aliphatic heterocycles. The summed E-state index contributed by atoms with van der Waals surface area (Å²) in [6.45, 7) is 2.71. The Bertz CT molecular complexity index is 513. The topological polar surface area (TPSA) is 71.5 Å². The van der Waals surface area contributed by atoms with Crippen LogP contribution in [0.2, 0.25) is 0 Å². The van der Waals surface area contributed by atoms with Gasteiger partial charge in [-0.3, -0.25) is 10.1 Å². The maximum atomic E-state index is 12.3. The lowest BCUT2D eigenvalue weighted by Crippen LogP contribution is -2.50. The van der Waals surface area contributed by atoms with Crippen molar-refractivity contribution in [1.82, 2.24) is 9.88 Å². The van der Waals surface area contributed by atoms with Crippen LogP contribution in [0, 0.1) is 0 Å². The summed E-state index contributed by atoms with van der Waals surface area (Å²) in [4.78, 5) is 29.4. The third-order valence-corrected chi connectivity index (χ3v) is 3.88. The van der Waals surface area contributed by atoms with E-state index in [1.54, 1.807) is 12.1 Å². The number of carbonyl (C=O) groups is 2. The van der Waals surface area contributed by atoms with Crippen LogP contribution in [-0.2, 0) is 4.74 Å². The smallest absolute Gasteiger partial charge is 0.323 e. The highest BCUT2D eigenvalue weighted by atomic mass is 16.5. The molecule has 2 amide bonds. The molecule has 0 saturated carbocycles. The maximum Gasteiger partial charge on any atom is 0.323 e. The average molecular weight is 275 g/mol. The number of ether oxygens (including phenoxy) is 1. The van der Waals surface area contributed by atoms with Crippen molar-refractivity contribution >= 4 is 17.6 Å². The van der Waals surface area contributed by atoms with E-state index < -0.39 is 0 Å². The third kappa shape index (κ3) is 2.38. The summed E-state index contributed by atoms with van der Waals surface area (Å²) in [5, 5.41) is 2.79. The Morgan fingerprint density at radius 2 is 2.00 bits per heavy atom. The number of nitrogens with one attached hydrogen (secondary N) is 1. The monoisotopic (exact) mass is 275 g/mol. The van der Waals surface area contributed by atoms with E-state index in [2.05, 4.69) is 10.3 Å². The van der Waals surface area contributed by atoms with Crippen LogP contribution in [0.4, 0.5) is 10.6 Å². The van der Waals surface area contributed by atoms with E-state index in [0.29, 0.717) is 24.6 Å². The number of amides is 2. The Kier molecular flexibility index (Phi) is 3.40. The molecule has 20 heavy (non-hydrogen) atoms. The Balaban J connectivity index is 1.68. The number of aromatic nitrogens is 1. The van der Waals surface area contributed by atoms with Gasteiger partial charge in [-0.25, -0.2) is 9.78 Å². The van der Waals surface area contributed by atoms with Crippen LogP contribution in [0.15, 0.2) is 18.3 Å². The Labute approximate surface area is 117 Å². The summed E-state index contributed by atoms with van der Waals surface area (Å²) in [6, 6.07) is 3.52. The van der Waals surface area contributed by atoms with Crippen LogP contribution in [-0.4, -0.2) is 47.0 Å². The number of Topliss-reactive ketones (excluding diaryl/α,β-unsaturated/α-hetero) is 1. The molecule has 2 aliphatic rings. The highest BCUT2D eigenvalue weighted by Crippen LogP contribution is 2.29. The first kappa shape index (κ1) is 13.1. The van der Waals surface area contributed by atoms with Crippen LogP contribution in [0.3, 0.4) is 0 Å². The quantitative estimate of drug-likeness (QED) is 0.834. The first-order valence-corrected chi connectivity index (χ1v) is 6.79. The maximum absolute atomic E-state index is 12.3. The zero-order valence-corrected chi connectivity index (χ0v) is 11.3. The fraction of sp³-hybridized carbons (Fsp3) is 0.500. The highest BCUT2D eigenvalue weighted by molar-refractivity contribution is 5.94. The van der Waals surface area contributed by atoms with Crippen molar-refractivity contribution in [3.63, 3.8) is 0 Å². The van der Waals surface area contributed by atoms with Gasteiger partial charge in [0.25, 0.3) is 0 Å². The van der Waals surface area contributed by atoms with Crippen molar-refractivity contribution < 1.29 is 14.3 Å². The molecule has 2 bridgehead atoms. The van der Waals surface area contributed by atoms with Crippen molar-refractivity contribution in [2.45, 2.75) is 31.8 Å². The van der Waals surface area contributed by atoms with Crippen molar-refractivity contribution in [3.05, 3.63) is 23.9 Å². The van der Waals surface area contributed by atoms with E-state index in [-0.39, 0.29) is 23.9 Å². The van der Waals surface area contributed by atoms with Gasteiger partial charge >= 0.3 is 6.03 Å². The molecular weight excluding hydrogens is 258 g/mol. The summed E-state index contributed by atoms with van der Waals surface area (Å²) in [5.41, 5.74) is 0.537. The zero-order chi connectivity index (χ0) is 14.1. The van der Waals surface area contributed by atoms with Gasteiger partial charge in [0.05, 0.1) is 25.3 Å². The SMILES string of the molecule is CC(=O)c1ccc(NC(=O)N2C3CCC2COC3)nc1. The van der Waals surface area contributed by atoms with Gasteiger partial charge in [0.1, 0.15) is 5.82 Å². The van der Waals surface area contributed by atoms with Gasteiger partial charge in [0, 0.05) is 11.8 Å². The van der Waals surface area contributed by atoms with Gasteiger partial charge in [-0.2, -0.15) is 0 Å². The molecule has 0 spiro atoms. The molecule has 3 heterocycles. The second-order valence-electron chi connectivity index (χ2n) is 5.25. The number of carbonyl (C=O) groups excluding carboxylic acids is 2. The number of fused-ring (bicyclic) bond motifs is 2. The lowest BCUT2D eigenvalue weighted by atomic mass is 10.2. The second kappa shape index (κ2) is 5.20. The molecule has 0 aromatic carbocycles. The second-order valence-corrected chi connectivity index (χ2v) is 5.25. The molecule has 0 radical (unpaired) electrons. The summed E-state index contributed by atoms with van der Waals surface area (Å²) in [7, 11) is 0. The minimum atomic E-state index is -0.135. The minimum absolute atomic E-state index is 0.0402. The molecule has 1 N–H and O–H groups in total. The molecule has 3 rings (SSSR count).